The van der Waals surface area contributed by atoms with Gasteiger partial charge in [-0.1, -0.05) is 88.4 Å². The number of rotatable bonds is 47. The van der Waals surface area contributed by atoms with Crippen molar-refractivity contribution >= 4 is 112 Å². The van der Waals surface area contributed by atoms with Crippen LogP contribution in [0.1, 0.15) is 122 Å². The maximum Gasteiger partial charge on any atom is 0.303 e. The van der Waals surface area contributed by atoms with Crippen LogP contribution in [0.2, 0.25) is 0 Å². The summed E-state index contributed by atoms with van der Waals surface area (Å²) in [6.07, 6.45) is -5.62. The Morgan fingerprint density at radius 1 is 0.402 bits per heavy atom. The van der Waals surface area contributed by atoms with Crippen LogP contribution in [0.5, 0.6) is 5.75 Å². The summed E-state index contributed by atoms with van der Waals surface area (Å²) in [6, 6.07) is 2.96. The Hall–Kier alpha value is -12.1. The first kappa shape index (κ1) is 87.4. The molecule has 0 spiro atoms. The van der Waals surface area contributed by atoms with Crippen molar-refractivity contribution in [2.24, 2.45) is 29.0 Å². The quantitative estimate of drug-likeness (QED) is 0.0211. The molecular formula is C70H95N15O22. The van der Waals surface area contributed by atoms with Crippen molar-refractivity contribution in [2.45, 2.75) is 191 Å². The van der Waals surface area contributed by atoms with E-state index in [-0.39, 0.29) is 49.7 Å². The van der Waals surface area contributed by atoms with Crippen molar-refractivity contribution in [3.05, 3.63) is 102 Å². The molecule has 37 nitrogen and oxygen atoms in total. The highest BCUT2D eigenvalue weighted by Crippen LogP contribution is 2.21. The summed E-state index contributed by atoms with van der Waals surface area (Å²) in [5.74, 6) is -20.4. The number of phenolic OH excluding ortho intramolecular Hbond substituents is 1. The standard InChI is InChI=1S/C70H95N15O22/c1-35(2)27-43(71)62(99)78-46(20-24-57(91)92)65(102)80-48(22-26-59(95)96)67(104)81-47(21-25-58(93)94)66(103)79-45(19-23-56(89)90)64(101)76-37(5)61(98)83-51(30-39-15-17-41(86)18-16-39)63(100)75-34-55(88)77-52(31-40-33-74-44-14-10-9-13-42(40)44)69(106)84-50(28-36(3)4)68(105)85-53(32-54(72)87)70(107)82-49(60(73)97)29-38-11-7-6-8-12-38/h6-18,33,35-37,43,45-53,74,86H,19-32,34,71H2,1-5H3,(H2,72,87)(H2,73,97)(H,75,100)(H,76,101)(H,77,88)(H,78,99)(H,79,103)(H,80,102)(H,81,104)(H,82,107)(H,83,98)(H,84,106)(H,85,105)(H,89,90)(H,91,92)(H,93,94)(H,95,96)/t37-,43-,45-,46-,47-,48-,49-,50-,51-,52-,53-/m0/s1. The number of amides is 13. The molecule has 0 bridgehead atoms. The van der Waals surface area contributed by atoms with Crippen molar-refractivity contribution in [1.82, 2.24) is 63.5 Å². The normalized spacial score (nSPS) is 14.2. The van der Waals surface area contributed by atoms with Gasteiger partial charge in [0.15, 0.2) is 0 Å². The minimum atomic E-state index is -1.94. The van der Waals surface area contributed by atoms with Gasteiger partial charge in [0.25, 0.3) is 0 Å². The van der Waals surface area contributed by atoms with Crippen LogP contribution < -0.4 is 75.7 Å². The van der Waals surface area contributed by atoms with E-state index in [1.54, 1.807) is 88.5 Å². The van der Waals surface area contributed by atoms with Gasteiger partial charge >= 0.3 is 23.9 Å². The summed E-state index contributed by atoms with van der Waals surface area (Å²) in [4.78, 5) is 229. The Labute approximate surface area is 613 Å². The molecule has 0 radical (unpaired) electrons. The zero-order valence-electron chi connectivity index (χ0n) is 59.6. The number of aliphatic carboxylic acids is 4. The van der Waals surface area contributed by atoms with Gasteiger partial charge in [-0.25, -0.2) is 0 Å². The number of aromatic hydroxyl groups is 1. The Bertz CT molecular complexity index is 3830. The second-order valence-electron chi connectivity index (χ2n) is 26.3. The Kier molecular flexibility index (Phi) is 35.3. The average molecular weight is 1500 g/mol. The van der Waals surface area contributed by atoms with Crippen LogP contribution in [0.4, 0.5) is 0 Å². The number of fused-ring (bicyclic) bond motifs is 1. The average Bonchev–Trinajstić information content (AvgIpc) is 1.73. The van der Waals surface area contributed by atoms with Crippen molar-refractivity contribution < 1.29 is 107 Å². The fourth-order valence-electron chi connectivity index (χ4n) is 10.9. The molecule has 23 N–H and O–H groups in total. The fraction of sp³-hybridized carbons (Fsp3) is 0.471. The number of carbonyl (C=O) groups excluding carboxylic acids is 13. The second kappa shape index (κ2) is 43.3. The third kappa shape index (κ3) is 31.4. The lowest BCUT2D eigenvalue weighted by Gasteiger charge is -2.27. The highest BCUT2D eigenvalue weighted by molar-refractivity contribution is 6.00. The number of nitrogens with two attached hydrogens (primary N) is 3. The Morgan fingerprint density at radius 3 is 1.28 bits per heavy atom. The van der Waals surface area contributed by atoms with Crippen LogP contribution in [-0.2, 0) is 101 Å². The first-order valence-corrected chi connectivity index (χ1v) is 34.3. The molecule has 13 amide bonds. The molecule has 4 aromatic rings. The molecule has 4 rings (SSSR count). The highest BCUT2D eigenvalue weighted by Gasteiger charge is 2.37. The number of carboxylic acid groups (broad SMARTS) is 4. The summed E-state index contributed by atoms with van der Waals surface area (Å²) < 4.78 is 0. The third-order valence-electron chi connectivity index (χ3n) is 16.4. The lowest BCUT2D eigenvalue weighted by Crippen LogP contribution is -2.60. The van der Waals surface area contributed by atoms with Crippen LogP contribution in [-0.4, -0.2) is 204 Å². The van der Waals surface area contributed by atoms with E-state index in [0.717, 1.165) is 6.92 Å². The van der Waals surface area contributed by atoms with Gasteiger partial charge in [-0.3, -0.25) is 81.5 Å². The molecule has 1 heterocycles. The molecule has 0 aliphatic heterocycles. The Balaban J connectivity index is 1.58. The fourth-order valence-corrected chi connectivity index (χ4v) is 10.9. The van der Waals surface area contributed by atoms with E-state index in [1.807, 2.05) is 0 Å². The van der Waals surface area contributed by atoms with Gasteiger partial charge in [0.2, 0.25) is 76.8 Å². The number of phenols is 1. The van der Waals surface area contributed by atoms with Gasteiger partial charge in [-0.05, 0) is 92.2 Å². The van der Waals surface area contributed by atoms with E-state index in [0.29, 0.717) is 27.6 Å². The number of hydrogen-bond acceptors (Lipinski definition) is 19. The van der Waals surface area contributed by atoms with Crippen molar-refractivity contribution in [3.63, 3.8) is 0 Å². The third-order valence-corrected chi connectivity index (χ3v) is 16.4. The molecule has 0 saturated heterocycles. The van der Waals surface area contributed by atoms with Crippen LogP contribution in [0.25, 0.3) is 10.9 Å². The largest absolute Gasteiger partial charge is 0.508 e. The summed E-state index contributed by atoms with van der Waals surface area (Å²) in [5.41, 5.74) is 19.2. The number of carboxylic acids is 4. The molecule has 0 saturated carbocycles. The van der Waals surface area contributed by atoms with Gasteiger partial charge in [0, 0.05) is 62.0 Å². The molecular weight excluding hydrogens is 1400 g/mol. The van der Waals surface area contributed by atoms with Gasteiger partial charge in [0.1, 0.15) is 66.2 Å². The monoisotopic (exact) mass is 1500 g/mol. The first-order chi connectivity index (χ1) is 50.4. The van der Waals surface area contributed by atoms with Crippen molar-refractivity contribution in [3.8, 4) is 5.75 Å². The molecule has 107 heavy (non-hydrogen) atoms. The van der Waals surface area contributed by atoms with Crippen LogP contribution in [0, 0.1) is 11.8 Å². The topological polar surface area (TPSA) is 618 Å². The minimum Gasteiger partial charge on any atom is -0.508 e. The molecule has 0 aliphatic carbocycles. The number of H-pyrrole nitrogens is 1. The number of nitrogens with one attached hydrogen (secondary N) is 12. The lowest BCUT2D eigenvalue weighted by molar-refractivity contribution is -0.140. The number of benzene rings is 3. The maximum absolute atomic E-state index is 14.6. The predicted octanol–water partition coefficient (Wildman–Crippen LogP) is -2.88. The molecule has 0 unspecified atom stereocenters. The van der Waals surface area contributed by atoms with E-state index in [1.165, 1.54) is 24.3 Å². The SMILES string of the molecule is CC(C)C[C@H](NC(=O)[C@H](Cc1c[nH]c2ccccc12)NC(=O)CNC(=O)[C@H](Cc1ccc(O)cc1)NC(=O)[C@H](C)NC(=O)[C@H](CCC(=O)O)NC(=O)[C@H](CCC(=O)O)NC(=O)[C@H](CCC(=O)O)NC(=O)[C@H](CCC(=O)O)NC(=O)[C@@H](N)CC(C)C)C(=O)N[C@@H](CC(N)=O)C(=O)N[C@@H](Cc1ccccc1)C(N)=O. The minimum absolute atomic E-state index is 0.0511. The van der Waals surface area contributed by atoms with E-state index < -0.39 is 231 Å². The number of para-hydroxylation sites is 1. The van der Waals surface area contributed by atoms with Crippen LogP contribution >= 0.6 is 0 Å². The van der Waals surface area contributed by atoms with E-state index in [9.17, 15) is 107 Å². The second-order valence-corrected chi connectivity index (χ2v) is 26.3. The smallest absolute Gasteiger partial charge is 0.303 e. The number of hydrogen-bond donors (Lipinski definition) is 20. The van der Waals surface area contributed by atoms with E-state index >= 15 is 0 Å². The summed E-state index contributed by atoms with van der Waals surface area (Å²) in [5, 5.41) is 75.1. The van der Waals surface area contributed by atoms with Gasteiger partial charge < -0.3 is 106 Å². The molecule has 582 valence electrons. The van der Waals surface area contributed by atoms with Gasteiger partial charge in [0.05, 0.1) is 19.0 Å². The maximum atomic E-state index is 14.6. The van der Waals surface area contributed by atoms with Crippen molar-refractivity contribution in [2.75, 3.05) is 6.54 Å². The number of aromatic amines is 1. The first-order valence-electron chi connectivity index (χ1n) is 34.3. The molecule has 37 heteroatoms. The summed E-state index contributed by atoms with van der Waals surface area (Å²) in [6.45, 7) is 7.17. The zero-order valence-corrected chi connectivity index (χ0v) is 59.6. The van der Waals surface area contributed by atoms with E-state index in [4.69, 9.17) is 17.2 Å². The summed E-state index contributed by atoms with van der Waals surface area (Å²) >= 11 is 0. The highest BCUT2D eigenvalue weighted by atomic mass is 16.4. The lowest BCUT2D eigenvalue weighted by atomic mass is 10.00. The molecule has 11 atom stereocenters. The van der Waals surface area contributed by atoms with Crippen molar-refractivity contribution in [1.29, 1.82) is 0 Å². The summed E-state index contributed by atoms with van der Waals surface area (Å²) in [7, 11) is 0. The van der Waals surface area contributed by atoms with Gasteiger partial charge in [-0.15, -0.1) is 0 Å². The molecule has 0 fully saturated rings. The predicted molar refractivity (Wildman–Crippen MR) is 379 cm³/mol. The van der Waals surface area contributed by atoms with Crippen LogP contribution in [0.15, 0.2) is 85.1 Å². The van der Waals surface area contributed by atoms with Gasteiger partial charge in [-0.2, -0.15) is 0 Å². The van der Waals surface area contributed by atoms with Crippen LogP contribution in [0.3, 0.4) is 0 Å². The van der Waals surface area contributed by atoms with E-state index in [2.05, 4.69) is 63.5 Å². The molecule has 0 aliphatic rings. The number of aromatic nitrogens is 1. The number of primary amides is 2. The zero-order chi connectivity index (χ0) is 79.8. The Morgan fingerprint density at radius 2 is 0.794 bits per heavy atom. The molecule has 3 aromatic carbocycles. The molecule has 1 aromatic heterocycles. The number of carbonyl (C=O) groups is 17.